The SMILES string of the molecule is CCCCCCCCCCOCNc1nc(N)nc(N)n1. The Morgan fingerprint density at radius 3 is 2.05 bits per heavy atom. The van der Waals surface area contributed by atoms with E-state index < -0.39 is 0 Å². The molecule has 0 spiro atoms. The number of ether oxygens (including phenoxy) is 1. The molecule has 0 amide bonds. The lowest BCUT2D eigenvalue weighted by Crippen LogP contribution is -2.12. The Morgan fingerprint density at radius 1 is 0.857 bits per heavy atom. The van der Waals surface area contributed by atoms with Gasteiger partial charge in [0.15, 0.2) is 0 Å². The molecule has 1 aromatic heterocycles. The lowest BCUT2D eigenvalue weighted by molar-refractivity contribution is 0.147. The molecule has 21 heavy (non-hydrogen) atoms. The van der Waals surface area contributed by atoms with E-state index in [0.29, 0.717) is 12.7 Å². The number of hydrogen-bond acceptors (Lipinski definition) is 7. The third kappa shape index (κ3) is 9.01. The molecule has 1 aromatic rings. The first-order valence-electron chi connectivity index (χ1n) is 7.81. The molecule has 0 saturated carbocycles. The van der Waals surface area contributed by atoms with E-state index in [4.69, 9.17) is 16.2 Å². The van der Waals surface area contributed by atoms with Gasteiger partial charge in [-0.25, -0.2) is 0 Å². The molecule has 5 N–H and O–H groups in total. The van der Waals surface area contributed by atoms with Crippen molar-refractivity contribution in [2.24, 2.45) is 0 Å². The van der Waals surface area contributed by atoms with Gasteiger partial charge in [-0.15, -0.1) is 0 Å². The lowest BCUT2D eigenvalue weighted by atomic mass is 10.1. The fraction of sp³-hybridized carbons (Fsp3) is 0.786. The van der Waals surface area contributed by atoms with Crippen LogP contribution in [0.3, 0.4) is 0 Å². The van der Waals surface area contributed by atoms with Crippen LogP contribution in [0.25, 0.3) is 0 Å². The maximum Gasteiger partial charge on any atom is 0.231 e. The zero-order chi connectivity index (χ0) is 15.3. The third-order valence-electron chi connectivity index (χ3n) is 3.14. The van der Waals surface area contributed by atoms with Crippen molar-refractivity contribution in [1.82, 2.24) is 15.0 Å². The molecule has 0 unspecified atom stereocenters. The molecule has 1 heterocycles. The molecule has 0 saturated heterocycles. The van der Waals surface area contributed by atoms with Crippen molar-refractivity contribution in [3.05, 3.63) is 0 Å². The zero-order valence-corrected chi connectivity index (χ0v) is 13.0. The van der Waals surface area contributed by atoms with E-state index in [9.17, 15) is 0 Å². The molecule has 0 aliphatic carbocycles. The molecule has 0 fully saturated rings. The Morgan fingerprint density at radius 2 is 1.43 bits per heavy atom. The molecule has 7 heteroatoms. The van der Waals surface area contributed by atoms with Crippen LogP contribution in [0.5, 0.6) is 0 Å². The molecule has 0 aliphatic heterocycles. The third-order valence-corrected chi connectivity index (χ3v) is 3.14. The molecule has 120 valence electrons. The number of hydrogen-bond donors (Lipinski definition) is 3. The quantitative estimate of drug-likeness (QED) is 0.401. The van der Waals surface area contributed by atoms with Gasteiger partial charge in [0.05, 0.1) is 0 Å². The molecular formula is C14H28N6O. The van der Waals surface area contributed by atoms with Crippen LogP contribution in [0.4, 0.5) is 17.8 Å². The second kappa shape index (κ2) is 11.1. The van der Waals surface area contributed by atoms with Crippen molar-refractivity contribution in [3.63, 3.8) is 0 Å². The molecular weight excluding hydrogens is 268 g/mol. The van der Waals surface area contributed by atoms with E-state index in [-0.39, 0.29) is 11.9 Å². The summed E-state index contributed by atoms with van der Waals surface area (Å²) in [5.74, 6) is 0.553. The Labute approximate surface area is 126 Å². The summed E-state index contributed by atoms with van der Waals surface area (Å²) in [4.78, 5) is 11.5. The zero-order valence-electron chi connectivity index (χ0n) is 13.0. The summed E-state index contributed by atoms with van der Waals surface area (Å²) in [7, 11) is 0. The van der Waals surface area contributed by atoms with Crippen LogP contribution in [-0.4, -0.2) is 28.3 Å². The minimum Gasteiger partial charge on any atom is -0.368 e. The molecule has 1 rings (SSSR count). The second-order valence-electron chi connectivity index (χ2n) is 5.08. The van der Waals surface area contributed by atoms with E-state index in [1.807, 2.05) is 0 Å². The minimum atomic E-state index is 0.105. The smallest absolute Gasteiger partial charge is 0.231 e. The number of nitrogens with one attached hydrogen (secondary N) is 1. The van der Waals surface area contributed by atoms with Gasteiger partial charge < -0.3 is 21.5 Å². The van der Waals surface area contributed by atoms with Crippen molar-refractivity contribution >= 4 is 17.8 Å². The Hall–Kier alpha value is -1.63. The van der Waals surface area contributed by atoms with E-state index in [2.05, 4.69) is 27.2 Å². The highest BCUT2D eigenvalue weighted by Gasteiger charge is 2.00. The van der Waals surface area contributed by atoms with E-state index in [1.165, 1.54) is 44.9 Å². The highest BCUT2D eigenvalue weighted by atomic mass is 16.5. The second-order valence-corrected chi connectivity index (χ2v) is 5.08. The highest BCUT2D eigenvalue weighted by Crippen LogP contribution is 2.08. The van der Waals surface area contributed by atoms with Gasteiger partial charge in [0, 0.05) is 6.61 Å². The Bertz CT molecular complexity index is 367. The summed E-state index contributed by atoms with van der Waals surface area (Å²) in [6, 6.07) is 0. The summed E-state index contributed by atoms with van der Waals surface area (Å²) in [5, 5.41) is 2.91. The largest absolute Gasteiger partial charge is 0.368 e. The van der Waals surface area contributed by atoms with Gasteiger partial charge in [-0.3, -0.25) is 0 Å². The summed E-state index contributed by atoms with van der Waals surface area (Å²) in [6.45, 7) is 3.32. The number of unbranched alkanes of at least 4 members (excludes halogenated alkanes) is 7. The predicted molar refractivity (Wildman–Crippen MR) is 85.7 cm³/mol. The topological polar surface area (TPSA) is 112 Å². The summed E-state index contributed by atoms with van der Waals surface area (Å²) < 4.78 is 5.47. The summed E-state index contributed by atoms with van der Waals surface area (Å²) >= 11 is 0. The Kier molecular flexibility index (Phi) is 9.19. The fourth-order valence-electron chi connectivity index (χ4n) is 2.01. The van der Waals surface area contributed by atoms with E-state index in [1.54, 1.807) is 0 Å². The number of anilines is 3. The average Bonchev–Trinajstić information content (AvgIpc) is 2.44. The maximum absolute atomic E-state index is 5.47. The van der Waals surface area contributed by atoms with Gasteiger partial charge in [-0.05, 0) is 6.42 Å². The number of rotatable bonds is 12. The van der Waals surface area contributed by atoms with Gasteiger partial charge in [0.2, 0.25) is 17.8 Å². The first-order chi connectivity index (χ1) is 10.2. The van der Waals surface area contributed by atoms with Gasteiger partial charge in [0.1, 0.15) is 6.73 Å². The van der Waals surface area contributed by atoms with Gasteiger partial charge in [0.25, 0.3) is 0 Å². The number of aromatic nitrogens is 3. The lowest BCUT2D eigenvalue weighted by Gasteiger charge is -2.07. The van der Waals surface area contributed by atoms with Crippen LogP contribution < -0.4 is 16.8 Å². The normalized spacial score (nSPS) is 10.7. The highest BCUT2D eigenvalue weighted by molar-refractivity contribution is 5.36. The van der Waals surface area contributed by atoms with Crippen molar-refractivity contribution in [3.8, 4) is 0 Å². The minimum absolute atomic E-state index is 0.105. The van der Waals surface area contributed by atoms with Crippen molar-refractivity contribution in [2.75, 3.05) is 30.1 Å². The van der Waals surface area contributed by atoms with E-state index >= 15 is 0 Å². The monoisotopic (exact) mass is 296 g/mol. The molecule has 0 aromatic carbocycles. The van der Waals surface area contributed by atoms with Crippen molar-refractivity contribution < 1.29 is 4.74 Å². The molecule has 0 radical (unpaired) electrons. The number of nitrogen functional groups attached to an aromatic ring is 2. The molecule has 0 bridgehead atoms. The Balaban J connectivity index is 1.93. The van der Waals surface area contributed by atoms with Crippen LogP contribution in [-0.2, 0) is 4.74 Å². The molecule has 7 nitrogen and oxygen atoms in total. The maximum atomic E-state index is 5.47. The van der Waals surface area contributed by atoms with E-state index in [0.717, 1.165) is 13.0 Å². The van der Waals surface area contributed by atoms with Crippen LogP contribution in [0, 0.1) is 0 Å². The van der Waals surface area contributed by atoms with Crippen molar-refractivity contribution in [1.29, 1.82) is 0 Å². The predicted octanol–water partition coefficient (Wildman–Crippen LogP) is 2.56. The van der Waals surface area contributed by atoms with Crippen molar-refractivity contribution in [2.45, 2.75) is 58.3 Å². The number of nitrogens with zero attached hydrogens (tertiary/aromatic N) is 3. The summed E-state index contributed by atoms with van der Waals surface area (Å²) in [5.41, 5.74) is 10.9. The number of nitrogens with two attached hydrogens (primary N) is 2. The average molecular weight is 296 g/mol. The fourth-order valence-corrected chi connectivity index (χ4v) is 2.01. The first kappa shape index (κ1) is 17.4. The van der Waals surface area contributed by atoms with Gasteiger partial charge in [-0.1, -0.05) is 51.9 Å². The van der Waals surface area contributed by atoms with Crippen LogP contribution in [0.2, 0.25) is 0 Å². The molecule has 0 atom stereocenters. The van der Waals surface area contributed by atoms with Crippen LogP contribution in [0.15, 0.2) is 0 Å². The first-order valence-corrected chi connectivity index (χ1v) is 7.81. The summed E-state index contributed by atoms with van der Waals surface area (Å²) in [6.07, 6.45) is 10.3. The van der Waals surface area contributed by atoms with Crippen LogP contribution >= 0.6 is 0 Å². The van der Waals surface area contributed by atoms with Gasteiger partial charge >= 0.3 is 0 Å². The molecule has 0 aliphatic rings. The van der Waals surface area contributed by atoms with Gasteiger partial charge in [-0.2, -0.15) is 15.0 Å². The van der Waals surface area contributed by atoms with Crippen LogP contribution in [0.1, 0.15) is 58.3 Å². The standard InChI is InChI=1S/C14H28N6O/c1-2-3-4-5-6-7-8-9-10-21-11-17-14-19-12(15)18-13(16)20-14/h2-11H2,1H3,(H5,15,16,17,18,19,20).